The molecule has 0 heterocycles. The summed E-state index contributed by atoms with van der Waals surface area (Å²) < 4.78 is 12.2. The zero-order valence-electron chi connectivity index (χ0n) is 4.69. The van der Waals surface area contributed by atoms with Crippen molar-refractivity contribution in [1.82, 2.24) is 0 Å². The SMILES string of the molecule is O=C1CCC[C@H](F)C1. The molecule has 1 aliphatic rings. The molecule has 1 rings (SSSR count). The van der Waals surface area contributed by atoms with Crippen molar-refractivity contribution in [3.8, 4) is 0 Å². The van der Waals surface area contributed by atoms with Crippen LogP contribution in [0.2, 0.25) is 0 Å². The van der Waals surface area contributed by atoms with Crippen LogP contribution in [0.5, 0.6) is 0 Å². The van der Waals surface area contributed by atoms with Crippen LogP contribution in [0.3, 0.4) is 0 Å². The number of ketones is 1. The monoisotopic (exact) mass is 116 g/mol. The van der Waals surface area contributed by atoms with Gasteiger partial charge in [0.25, 0.3) is 0 Å². The van der Waals surface area contributed by atoms with Gasteiger partial charge in [0.1, 0.15) is 12.0 Å². The van der Waals surface area contributed by atoms with E-state index in [1.165, 1.54) is 0 Å². The van der Waals surface area contributed by atoms with Gasteiger partial charge in [-0.1, -0.05) is 0 Å². The summed E-state index contributed by atoms with van der Waals surface area (Å²) >= 11 is 0. The molecule has 0 saturated heterocycles. The molecule has 1 aliphatic carbocycles. The molecule has 0 amide bonds. The maximum absolute atomic E-state index is 12.2. The van der Waals surface area contributed by atoms with E-state index in [2.05, 4.69) is 0 Å². The van der Waals surface area contributed by atoms with Crippen LogP contribution in [0.15, 0.2) is 0 Å². The van der Waals surface area contributed by atoms with Crippen LogP contribution in [0.4, 0.5) is 4.39 Å². The third kappa shape index (κ3) is 1.29. The molecule has 8 heavy (non-hydrogen) atoms. The van der Waals surface area contributed by atoms with Crippen molar-refractivity contribution in [3.05, 3.63) is 0 Å². The molecular weight excluding hydrogens is 107 g/mol. The minimum atomic E-state index is -0.837. The van der Waals surface area contributed by atoms with Gasteiger partial charge < -0.3 is 0 Å². The summed E-state index contributed by atoms with van der Waals surface area (Å²) in [6.07, 6.45) is 1.27. The van der Waals surface area contributed by atoms with Gasteiger partial charge in [0.2, 0.25) is 0 Å². The van der Waals surface area contributed by atoms with Crippen LogP contribution in [0.25, 0.3) is 0 Å². The lowest BCUT2D eigenvalue weighted by Gasteiger charge is -2.11. The first kappa shape index (κ1) is 5.73. The number of hydrogen-bond donors (Lipinski definition) is 0. The number of Topliss-reactive ketones (excluding diaryl/α,β-unsaturated/α-hetero) is 1. The molecule has 0 bridgehead atoms. The van der Waals surface area contributed by atoms with Crippen molar-refractivity contribution < 1.29 is 9.18 Å². The molecule has 0 aliphatic heterocycles. The summed E-state index contributed by atoms with van der Waals surface area (Å²) in [5, 5.41) is 0. The average Bonchev–Trinajstić information content (AvgIpc) is 1.64. The number of alkyl halides is 1. The molecule has 0 aromatic rings. The first-order chi connectivity index (χ1) is 3.79. The molecule has 1 saturated carbocycles. The van der Waals surface area contributed by atoms with E-state index in [0.717, 1.165) is 6.42 Å². The van der Waals surface area contributed by atoms with Gasteiger partial charge in [0, 0.05) is 12.8 Å². The van der Waals surface area contributed by atoms with Crippen molar-refractivity contribution in [3.63, 3.8) is 0 Å². The molecule has 2 heteroatoms. The zero-order chi connectivity index (χ0) is 5.98. The van der Waals surface area contributed by atoms with Crippen LogP contribution in [-0.4, -0.2) is 12.0 Å². The summed E-state index contributed by atoms with van der Waals surface area (Å²) in [5.41, 5.74) is 0. The Morgan fingerprint density at radius 1 is 1.62 bits per heavy atom. The van der Waals surface area contributed by atoms with Crippen molar-refractivity contribution in [2.45, 2.75) is 31.9 Å². The van der Waals surface area contributed by atoms with Crippen LogP contribution < -0.4 is 0 Å². The van der Waals surface area contributed by atoms with Crippen molar-refractivity contribution in [2.24, 2.45) is 0 Å². The summed E-state index contributed by atoms with van der Waals surface area (Å²) in [6.45, 7) is 0. The molecule has 1 atom stereocenters. The molecule has 46 valence electrons. The van der Waals surface area contributed by atoms with Gasteiger partial charge in [-0.3, -0.25) is 4.79 Å². The van der Waals surface area contributed by atoms with Gasteiger partial charge in [0.05, 0.1) is 0 Å². The molecule has 1 nitrogen and oxygen atoms in total. The van der Waals surface area contributed by atoms with E-state index in [0.29, 0.717) is 12.8 Å². The maximum atomic E-state index is 12.2. The minimum Gasteiger partial charge on any atom is -0.300 e. The molecule has 0 aromatic heterocycles. The second kappa shape index (κ2) is 2.25. The number of halogens is 1. The third-order valence-corrected chi connectivity index (χ3v) is 1.42. The fourth-order valence-electron chi connectivity index (χ4n) is 0.972. The zero-order valence-corrected chi connectivity index (χ0v) is 4.69. The lowest BCUT2D eigenvalue weighted by Crippen LogP contribution is -2.14. The van der Waals surface area contributed by atoms with E-state index in [4.69, 9.17) is 0 Å². The lowest BCUT2D eigenvalue weighted by atomic mass is 9.98. The van der Waals surface area contributed by atoms with E-state index < -0.39 is 6.17 Å². The number of hydrogen-bond acceptors (Lipinski definition) is 1. The molecule has 0 N–H and O–H groups in total. The predicted octanol–water partition coefficient (Wildman–Crippen LogP) is 1.47. The summed E-state index contributed by atoms with van der Waals surface area (Å²) in [4.78, 5) is 10.4. The number of rotatable bonds is 0. The Hall–Kier alpha value is -0.400. The average molecular weight is 116 g/mol. The van der Waals surface area contributed by atoms with E-state index in [-0.39, 0.29) is 12.2 Å². The van der Waals surface area contributed by atoms with Crippen LogP contribution in [0.1, 0.15) is 25.7 Å². The van der Waals surface area contributed by atoms with E-state index >= 15 is 0 Å². The van der Waals surface area contributed by atoms with Crippen LogP contribution in [-0.2, 0) is 4.79 Å². The quantitative estimate of drug-likeness (QED) is 0.468. The van der Waals surface area contributed by atoms with E-state index in [9.17, 15) is 9.18 Å². The minimum absolute atomic E-state index is 0.0868. The fourth-order valence-corrected chi connectivity index (χ4v) is 0.972. The van der Waals surface area contributed by atoms with Gasteiger partial charge in [-0.15, -0.1) is 0 Å². The van der Waals surface area contributed by atoms with Crippen LogP contribution in [0, 0.1) is 0 Å². The molecular formula is C6H9FO. The molecule has 0 unspecified atom stereocenters. The molecule has 0 aromatic carbocycles. The van der Waals surface area contributed by atoms with Crippen LogP contribution >= 0.6 is 0 Å². The Kier molecular flexibility index (Phi) is 1.61. The van der Waals surface area contributed by atoms with E-state index in [1.807, 2.05) is 0 Å². The first-order valence-corrected chi connectivity index (χ1v) is 2.95. The highest BCUT2D eigenvalue weighted by Crippen LogP contribution is 2.16. The Labute approximate surface area is 47.9 Å². The Bertz CT molecular complexity index is 101. The highest BCUT2D eigenvalue weighted by Gasteiger charge is 2.17. The Balaban J connectivity index is 2.34. The topological polar surface area (TPSA) is 17.1 Å². The summed E-state index contributed by atoms with van der Waals surface area (Å²) in [5.74, 6) is 0.0868. The standard InChI is InChI=1S/C6H9FO/c7-5-2-1-3-6(8)4-5/h5H,1-4H2/t5-/m0/s1. The molecule has 0 radical (unpaired) electrons. The third-order valence-electron chi connectivity index (χ3n) is 1.42. The highest BCUT2D eigenvalue weighted by atomic mass is 19.1. The second-order valence-corrected chi connectivity index (χ2v) is 2.23. The largest absolute Gasteiger partial charge is 0.300 e. The number of carbonyl (C=O) groups excluding carboxylic acids is 1. The first-order valence-electron chi connectivity index (χ1n) is 2.95. The summed E-state index contributed by atoms with van der Waals surface area (Å²) in [7, 11) is 0. The highest BCUT2D eigenvalue weighted by molar-refractivity contribution is 5.79. The maximum Gasteiger partial charge on any atom is 0.135 e. The van der Waals surface area contributed by atoms with Gasteiger partial charge in [-0.25, -0.2) is 4.39 Å². The van der Waals surface area contributed by atoms with Crippen molar-refractivity contribution in [2.75, 3.05) is 0 Å². The predicted molar refractivity (Wildman–Crippen MR) is 28.4 cm³/mol. The Morgan fingerprint density at radius 3 is 2.75 bits per heavy atom. The fraction of sp³-hybridized carbons (Fsp3) is 0.833. The van der Waals surface area contributed by atoms with Gasteiger partial charge in [-0.05, 0) is 12.8 Å². The van der Waals surface area contributed by atoms with E-state index in [1.54, 1.807) is 0 Å². The van der Waals surface area contributed by atoms with Crippen molar-refractivity contribution >= 4 is 5.78 Å². The molecule has 0 spiro atoms. The summed E-state index contributed by atoms with van der Waals surface area (Å²) in [6, 6.07) is 0. The Morgan fingerprint density at radius 2 is 2.38 bits per heavy atom. The normalized spacial score (nSPS) is 30.6. The van der Waals surface area contributed by atoms with Gasteiger partial charge >= 0.3 is 0 Å². The lowest BCUT2D eigenvalue weighted by molar-refractivity contribution is -0.121. The van der Waals surface area contributed by atoms with Crippen molar-refractivity contribution in [1.29, 1.82) is 0 Å². The molecule has 1 fully saturated rings. The smallest absolute Gasteiger partial charge is 0.135 e. The van der Waals surface area contributed by atoms with Gasteiger partial charge in [-0.2, -0.15) is 0 Å². The van der Waals surface area contributed by atoms with Gasteiger partial charge in [0.15, 0.2) is 0 Å². The number of carbonyl (C=O) groups is 1. The second-order valence-electron chi connectivity index (χ2n) is 2.23.